The van der Waals surface area contributed by atoms with E-state index in [2.05, 4.69) is 20.4 Å². The third-order valence-corrected chi connectivity index (χ3v) is 4.69. The molecular weight excluding hydrogens is 378 g/mol. The molecule has 8 nitrogen and oxygen atoms in total. The molecule has 0 bridgehead atoms. The summed E-state index contributed by atoms with van der Waals surface area (Å²) in [7, 11) is 3.92. The van der Waals surface area contributed by atoms with Crippen LogP contribution in [0.1, 0.15) is 10.5 Å². The Balaban J connectivity index is 1.66. The summed E-state index contributed by atoms with van der Waals surface area (Å²) >= 11 is 0. The summed E-state index contributed by atoms with van der Waals surface area (Å²) in [6, 6.07) is 13.2. The van der Waals surface area contributed by atoms with Gasteiger partial charge in [0.05, 0.1) is 17.4 Å². The number of anilines is 1. The first-order valence-corrected chi connectivity index (χ1v) is 9.60. The molecule has 4 rings (SSSR count). The van der Waals surface area contributed by atoms with E-state index in [0.717, 1.165) is 28.6 Å². The molecule has 152 valence electrons. The zero-order valence-corrected chi connectivity index (χ0v) is 16.9. The zero-order valence-electron chi connectivity index (χ0n) is 16.9. The van der Waals surface area contributed by atoms with E-state index >= 15 is 0 Å². The third kappa shape index (κ3) is 4.13. The van der Waals surface area contributed by atoms with E-state index in [1.165, 1.54) is 0 Å². The molecule has 1 amide bonds. The molecule has 0 aliphatic rings. The van der Waals surface area contributed by atoms with Crippen LogP contribution >= 0.6 is 0 Å². The second-order valence-corrected chi connectivity index (χ2v) is 7.28. The Morgan fingerprint density at radius 2 is 1.97 bits per heavy atom. The van der Waals surface area contributed by atoms with Gasteiger partial charge < -0.3 is 16.0 Å². The second kappa shape index (κ2) is 8.30. The molecule has 3 heterocycles. The maximum absolute atomic E-state index is 12.4. The molecule has 0 aliphatic carbocycles. The van der Waals surface area contributed by atoms with Crippen LogP contribution in [0.3, 0.4) is 0 Å². The van der Waals surface area contributed by atoms with Gasteiger partial charge in [-0.3, -0.25) is 9.78 Å². The van der Waals surface area contributed by atoms with Crippen molar-refractivity contribution in [2.24, 2.45) is 0 Å². The van der Waals surface area contributed by atoms with Crippen LogP contribution in [-0.4, -0.2) is 57.7 Å². The monoisotopic (exact) mass is 401 g/mol. The number of benzene rings is 1. The van der Waals surface area contributed by atoms with Gasteiger partial charge in [0.15, 0.2) is 5.82 Å². The number of hydrogen-bond acceptors (Lipinski definition) is 6. The van der Waals surface area contributed by atoms with E-state index in [1.807, 2.05) is 55.4 Å². The maximum atomic E-state index is 12.4. The van der Waals surface area contributed by atoms with Gasteiger partial charge in [-0.25, -0.2) is 9.67 Å². The van der Waals surface area contributed by atoms with Crippen LogP contribution in [0.5, 0.6) is 0 Å². The number of nitrogens with zero attached hydrogens (tertiary/aromatic N) is 5. The summed E-state index contributed by atoms with van der Waals surface area (Å²) in [4.78, 5) is 23.1. The average Bonchev–Trinajstić information content (AvgIpc) is 3.17. The molecule has 0 saturated carbocycles. The quantitative estimate of drug-likeness (QED) is 0.514. The topological polar surface area (TPSA) is 102 Å². The fraction of sp³-hybridized carbons (Fsp3) is 0.182. The number of carbonyl (C=O) groups excluding carboxylic acids is 1. The number of carbonyl (C=O) groups is 1. The van der Waals surface area contributed by atoms with E-state index in [9.17, 15) is 4.79 Å². The van der Waals surface area contributed by atoms with Crippen molar-refractivity contribution in [1.82, 2.24) is 30.0 Å². The SMILES string of the molecule is CN(C)CCNC(=O)c1cccc(-n2ncc3ccc(-c4cncc(N)c4)cc32)n1. The molecule has 1 aromatic carbocycles. The highest BCUT2D eigenvalue weighted by Crippen LogP contribution is 2.26. The highest BCUT2D eigenvalue weighted by Gasteiger charge is 2.12. The summed E-state index contributed by atoms with van der Waals surface area (Å²) in [5, 5.41) is 8.33. The van der Waals surface area contributed by atoms with Crippen LogP contribution in [-0.2, 0) is 0 Å². The fourth-order valence-corrected chi connectivity index (χ4v) is 3.15. The molecule has 0 fully saturated rings. The van der Waals surface area contributed by atoms with Crippen molar-refractivity contribution in [1.29, 1.82) is 0 Å². The minimum absolute atomic E-state index is 0.207. The Kier molecular flexibility index (Phi) is 5.40. The standard InChI is InChI=1S/C22H23N7O/c1-28(2)9-8-25-22(30)19-4-3-5-21(27-19)29-20-11-15(6-7-16(20)13-26-29)17-10-18(23)14-24-12-17/h3-7,10-14H,8-9,23H2,1-2H3,(H,25,30). The van der Waals surface area contributed by atoms with Gasteiger partial charge in [-0.05, 0) is 43.9 Å². The molecule has 0 radical (unpaired) electrons. The van der Waals surface area contributed by atoms with Gasteiger partial charge in [0, 0.05) is 36.4 Å². The Labute approximate surface area is 174 Å². The second-order valence-electron chi connectivity index (χ2n) is 7.28. The van der Waals surface area contributed by atoms with Gasteiger partial charge in [0.2, 0.25) is 0 Å². The van der Waals surface area contributed by atoms with Crippen LogP contribution in [0, 0.1) is 0 Å². The summed E-state index contributed by atoms with van der Waals surface area (Å²) < 4.78 is 1.73. The minimum Gasteiger partial charge on any atom is -0.397 e. The lowest BCUT2D eigenvalue weighted by Crippen LogP contribution is -2.31. The minimum atomic E-state index is -0.207. The predicted octanol–water partition coefficient (Wildman–Crippen LogP) is 2.36. The largest absolute Gasteiger partial charge is 0.397 e. The molecule has 3 aromatic heterocycles. The number of pyridine rings is 2. The Bertz CT molecular complexity index is 1200. The Hall–Kier alpha value is -3.78. The molecule has 0 spiro atoms. The molecule has 4 aromatic rings. The Morgan fingerprint density at radius 1 is 1.10 bits per heavy atom. The van der Waals surface area contributed by atoms with Crippen LogP contribution < -0.4 is 11.1 Å². The van der Waals surface area contributed by atoms with Crippen LogP contribution in [0.2, 0.25) is 0 Å². The number of nitrogens with two attached hydrogens (primary N) is 1. The fourth-order valence-electron chi connectivity index (χ4n) is 3.15. The molecule has 3 N–H and O–H groups in total. The van der Waals surface area contributed by atoms with Gasteiger partial charge in [-0.2, -0.15) is 5.10 Å². The highest BCUT2D eigenvalue weighted by atomic mass is 16.1. The van der Waals surface area contributed by atoms with Crippen molar-refractivity contribution in [3.05, 3.63) is 66.7 Å². The van der Waals surface area contributed by atoms with Gasteiger partial charge in [-0.15, -0.1) is 0 Å². The first-order valence-electron chi connectivity index (χ1n) is 9.60. The normalized spacial score (nSPS) is 11.2. The number of rotatable bonds is 6. The van der Waals surface area contributed by atoms with Crippen molar-refractivity contribution in [2.75, 3.05) is 32.9 Å². The number of nitrogens with one attached hydrogen (secondary N) is 1. The number of fused-ring (bicyclic) bond motifs is 1. The smallest absolute Gasteiger partial charge is 0.270 e. The van der Waals surface area contributed by atoms with Gasteiger partial charge in [-0.1, -0.05) is 18.2 Å². The molecule has 8 heteroatoms. The van der Waals surface area contributed by atoms with E-state index in [0.29, 0.717) is 23.7 Å². The highest BCUT2D eigenvalue weighted by molar-refractivity contribution is 5.92. The zero-order chi connectivity index (χ0) is 21.1. The Morgan fingerprint density at radius 3 is 2.77 bits per heavy atom. The van der Waals surface area contributed by atoms with Crippen LogP contribution in [0.25, 0.3) is 27.8 Å². The number of nitrogen functional groups attached to an aromatic ring is 1. The summed E-state index contributed by atoms with van der Waals surface area (Å²) in [6.07, 6.45) is 5.17. The number of amides is 1. The lowest BCUT2D eigenvalue weighted by Gasteiger charge is -2.11. The van der Waals surface area contributed by atoms with E-state index in [4.69, 9.17) is 5.73 Å². The van der Waals surface area contributed by atoms with Crippen molar-refractivity contribution in [3.8, 4) is 16.9 Å². The van der Waals surface area contributed by atoms with Crippen molar-refractivity contribution in [3.63, 3.8) is 0 Å². The van der Waals surface area contributed by atoms with Gasteiger partial charge in [0.25, 0.3) is 5.91 Å². The first-order chi connectivity index (χ1) is 14.5. The van der Waals surface area contributed by atoms with Gasteiger partial charge >= 0.3 is 0 Å². The van der Waals surface area contributed by atoms with Gasteiger partial charge in [0.1, 0.15) is 5.69 Å². The summed E-state index contributed by atoms with van der Waals surface area (Å²) in [5.74, 6) is 0.370. The molecule has 0 saturated heterocycles. The van der Waals surface area contributed by atoms with Crippen molar-refractivity contribution >= 4 is 22.5 Å². The third-order valence-electron chi connectivity index (χ3n) is 4.69. The van der Waals surface area contributed by atoms with E-state index < -0.39 is 0 Å². The lowest BCUT2D eigenvalue weighted by molar-refractivity contribution is 0.0946. The van der Waals surface area contributed by atoms with E-state index in [1.54, 1.807) is 29.3 Å². The maximum Gasteiger partial charge on any atom is 0.270 e. The van der Waals surface area contributed by atoms with Crippen molar-refractivity contribution in [2.45, 2.75) is 0 Å². The van der Waals surface area contributed by atoms with E-state index in [-0.39, 0.29) is 5.91 Å². The number of hydrogen-bond donors (Lipinski definition) is 2. The molecular formula is C22H23N7O. The lowest BCUT2D eigenvalue weighted by atomic mass is 10.1. The average molecular weight is 401 g/mol. The molecule has 30 heavy (non-hydrogen) atoms. The number of aromatic nitrogens is 4. The first kappa shape index (κ1) is 19.5. The van der Waals surface area contributed by atoms with Crippen LogP contribution in [0.15, 0.2) is 61.1 Å². The summed E-state index contributed by atoms with van der Waals surface area (Å²) in [6.45, 7) is 1.32. The number of likely N-dealkylation sites (N-methyl/N-ethyl adjacent to an activating group) is 1. The molecule has 0 atom stereocenters. The molecule has 0 unspecified atom stereocenters. The summed E-state index contributed by atoms with van der Waals surface area (Å²) in [5.41, 5.74) is 9.61. The van der Waals surface area contributed by atoms with Crippen molar-refractivity contribution < 1.29 is 4.79 Å². The van der Waals surface area contributed by atoms with Crippen LogP contribution in [0.4, 0.5) is 5.69 Å². The predicted molar refractivity (Wildman–Crippen MR) is 117 cm³/mol. The molecule has 0 aliphatic heterocycles.